The number of nitrogens with one attached hydrogen (secondary N) is 1. The van der Waals surface area contributed by atoms with Crippen molar-refractivity contribution in [2.24, 2.45) is 10.9 Å². The smallest absolute Gasteiger partial charge is 0.193 e. The fraction of sp³-hybridized carbons (Fsp3) is 0.615. The third-order valence-electron chi connectivity index (χ3n) is 3.22. The van der Waals surface area contributed by atoms with Gasteiger partial charge in [-0.2, -0.15) is 0 Å². The summed E-state index contributed by atoms with van der Waals surface area (Å²) in [6.45, 7) is 5.41. The van der Waals surface area contributed by atoms with E-state index in [4.69, 9.17) is 0 Å². The molecule has 0 bridgehead atoms. The second-order valence-corrected chi connectivity index (χ2v) is 7.35. The second kappa shape index (κ2) is 6.57. The number of hydrogen-bond acceptors (Lipinski definition) is 2. The Balaban J connectivity index is 1.89. The Bertz CT molecular complexity index is 416. The van der Waals surface area contributed by atoms with Crippen molar-refractivity contribution in [3.05, 3.63) is 20.8 Å². The fourth-order valence-electron chi connectivity index (χ4n) is 2.33. The first-order valence-electron chi connectivity index (χ1n) is 6.39. The third-order valence-corrected chi connectivity index (χ3v) is 4.84. The molecule has 0 amide bonds. The summed E-state index contributed by atoms with van der Waals surface area (Å²) in [5.74, 6) is 1.80. The van der Waals surface area contributed by atoms with Crippen molar-refractivity contribution in [1.82, 2.24) is 10.2 Å². The Kier molecular flexibility index (Phi) is 5.06. The first-order chi connectivity index (χ1) is 8.69. The summed E-state index contributed by atoms with van der Waals surface area (Å²) in [6, 6.07) is 4.24. The van der Waals surface area contributed by atoms with Crippen LogP contribution in [0.3, 0.4) is 0 Å². The van der Waals surface area contributed by atoms with Crippen LogP contribution in [0.15, 0.2) is 20.9 Å². The largest absolute Gasteiger partial charge is 0.351 e. The number of nitrogens with zero attached hydrogens (tertiary/aromatic N) is 2. The molecule has 1 aromatic heterocycles. The molecular formula is C13H20BrN3S. The highest BCUT2D eigenvalue weighted by atomic mass is 79.9. The molecule has 1 unspecified atom stereocenters. The van der Waals surface area contributed by atoms with Gasteiger partial charge >= 0.3 is 0 Å². The maximum absolute atomic E-state index is 4.39. The van der Waals surface area contributed by atoms with Gasteiger partial charge in [0.1, 0.15) is 0 Å². The quantitative estimate of drug-likeness (QED) is 0.665. The van der Waals surface area contributed by atoms with E-state index >= 15 is 0 Å². The number of guanidine groups is 1. The second-order valence-electron chi connectivity index (χ2n) is 4.80. The number of thiophene rings is 1. The molecular weight excluding hydrogens is 310 g/mol. The monoisotopic (exact) mass is 329 g/mol. The van der Waals surface area contributed by atoms with Crippen LogP contribution in [0.25, 0.3) is 0 Å². The van der Waals surface area contributed by atoms with Crippen LogP contribution in [0.5, 0.6) is 0 Å². The molecule has 1 aliphatic heterocycles. The van der Waals surface area contributed by atoms with Gasteiger partial charge in [0, 0.05) is 25.0 Å². The lowest BCUT2D eigenvalue weighted by Crippen LogP contribution is -2.45. The third kappa shape index (κ3) is 3.72. The van der Waals surface area contributed by atoms with Crippen LogP contribution in [-0.4, -0.2) is 31.0 Å². The van der Waals surface area contributed by atoms with Gasteiger partial charge in [-0.25, -0.2) is 0 Å². The van der Waals surface area contributed by atoms with Crippen LogP contribution >= 0.6 is 27.3 Å². The van der Waals surface area contributed by atoms with Crippen molar-refractivity contribution in [2.75, 3.05) is 20.1 Å². The molecule has 2 heterocycles. The Morgan fingerprint density at radius 2 is 2.44 bits per heavy atom. The van der Waals surface area contributed by atoms with Gasteiger partial charge in [-0.05, 0) is 46.8 Å². The van der Waals surface area contributed by atoms with Gasteiger partial charge in [-0.3, -0.25) is 4.99 Å². The van der Waals surface area contributed by atoms with E-state index in [1.807, 2.05) is 7.05 Å². The van der Waals surface area contributed by atoms with Crippen LogP contribution < -0.4 is 5.32 Å². The van der Waals surface area contributed by atoms with Gasteiger partial charge in [-0.15, -0.1) is 11.3 Å². The van der Waals surface area contributed by atoms with Crippen molar-refractivity contribution in [3.63, 3.8) is 0 Å². The molecule has 0 radical (unpaired) electrons. The predicted molar refractivity (Wildman–Crippen MR) is 82.2 cm³/mol. The molecule has 1 fully saturated rings. The van der Waals surface area contributed by atoms with E-state index in [2.05, 4.69) is 50.2 Å². The summed E-state index contributed by atoms with van der Waals surface area (Å²) in [7, 11) is 1.87. The number of rotatable bonds is 2. The Hall–Kier alpha value is -0.550. The SMILES string of the molecule is CN=C(NCc1ccc(Br)s1)N1CCCC(C)C1. The van der Waals surface area contributed by atoms with Gasteiger partial charge in [0.05, 0.1) is 10.3 Å². The molecule has 0 spiro atoms. The standard InChI is InChI=1S/C13H20BrN3S/c1-10-4-3-7-17(9-10)13(15-2)16-8-11-5-6-12(14)18-11/h5-6,10H,3-4,7-9H2,1-2H3,(H,15,16). The number of aliphatic imine (C=N–C) groups is 1. The van der Waals surface area contributed by atoms with E-state index in [1.165, 1.54) is 21.5 Å². The maximum Gasteiger partial charge on any atom is 0.193 e. The van der Waals surface area contributed by atoms with Crippen LogP contribution in [0.2, 0.25) is 0 Å². The lowest BCUT2D eigenvalue weighted by Gasteiger charge is -2.33. The van der Waals surface area contributed by atoms with E-state index in [0.717, 1.165) is 31.5 Å². The highest BCUT2D eigenvalue weighted by molar-refractivity contribution is 9.11. The average molecular weight is 330 g/mol. The van der Waals surface area contributed by atoms with Crippen molar-refractivity contribution < 1.29 is 0 Å². The summed E-state index contributed by atoms with van der Waals surface area (Å²) in [6.07, 6.45) is 2.61. The molecule has 0 aromatic carbocycles. The van der Waals surface area contributed by atoms with Gasteiger partial charge in [0.15, 0.2) is 5.96 Å². The number of likely N-dealkylation sites (tertiary alicyclic amines) is 1. The number of halogens is 1. The summed E-state index contributed by atoms with van der Waals surface area (Å²) < 4.78 is 1.18. The summed E-state index contributed by atoms with van der Waals surface area (Å²) >= 11 is 5.26. The normalized spacial score (nSPS) is 21.2. The Labute approximate surface area is 121 Å². The summed E-state index contributed by atoms with van der Waals surface area (Å²) in [5, 5.41) is 3.45. The van der Waals surface area contributed by atoms with Crippen molar-refractivity contribution in [2.45, 2.75) is 26.3 Å². The van der Waals surface area contributed by atoms with Crippen molar-refractivity contribution in [1.29, 1.82) is 0 Å². The highest BCUT2D eigenvalue weighted by Gasteiger charge is 2.18. The minimum absolute atomic E-state index is 0.771. The Morgan fingerprint density at radius 1 is 1.61 bits per heavy atom. The molecule has 1 atom stereocenters. The molecule has 1 aliphatic rings. The minimum Gasteiger partial charge on any atom is -0.351 e. The maximum atomic E-state index is 4.39. The van der Waals surface area contributed by atoms with Gasteiger partial charge in [0.2, 0.25) is 0 Å². The molecule has 18 heavy (non-hydrogen) atoms. The van der Waals surface area contributed by atoms with Crippen LogP contribution in [-0.2, 0) is 6.54 Å². The number of piperidine rings is 1. The molecule has 1 aromatic rings. The molecule has 1 saturated heterocycles. The molecule has 3 nitrogen and oxygen atoms in total. The number of hydrogen-bond donors (Lipinski definition) is 1. The molecule has 0 aliphatic carbocycles. The zero-order valence-electron chi connectivity index (χ0n) is 10.9. The fourth-order valence-corrected chi connectivity index (χ4v) is 3.75. The van der Waals surface area contributed by atoms with Crippen LogP contribution in [0, 0.1) is 5.92 Å². The van der Waals surface area contributed by atoms with Crippen LogP contribution in [0.1, 0.15) is 24.6 Å². The average Bonchev–Trinajstić information content (AvgIpc) is 2.76. The van der Waals surface area contributed by atoms with Crippen LogP contribution in [0.4, 0.5) is 0 Å². The first-order valence-corrected chi connectivity index (χ1v) is 8.00. The van der Waals surface area contributed by atoms with Crippen molar-refractivity contribution >= 4 is 33.2 Å². The zero-order valence-corrected chi connectivity index (χ0v) is 13.4. The zero-order chi connectivity index (χ0) is 13.0. The highest BCUT2D eigenvalue weighted by Crippen LogP contribution is 2.22. The lowest BCUT2D eigenvalue weighted by atomic mass is 10.0. The van der Waals surface area contributed by atoms with Gasteiger partial charge in [-0.1, -0.05) is 6.92 Å². The summed E-state index contributed by atoms with van der Waals surface area (Å²) in [4.78, 5) is 8.09. The molecule has 2 rings (SSSR count). The topological polar surface area (TPSA) is 27.6 Å². The van der Waals surface area contributed by atoms with Crippen molar-refractivity contribution in [3.8, 4) is 0 Å². The van der Waals surface area contributed by atoms with E-state index in [-0.39, 0.29) is 0 Å². The van der Waals surface area contributed by atoms with E-state index in [9.17, 15) is 0 Å². The van der Waals surface area contributed by atoms with Gasteiger partial charge < -0.3 is 10.2 Å². The Morgan fingerprint density at radius 3 is 3.06 bits per heavy atom. The molecule has 0 saturated carbocycles. The van der Waals surface area contributed by atoms with Gasteiger partial charge in [0.25, 0.3) is 0 Å². The predicted octanol–water partition coefficient (Wildman–Crippen LogP) is 3.32. The lowest BCUT2D eigenvalue weighted by molar-refractivity contribution is 0.266. The summed E-state index contributed by atoms with van der Waals surface area (Å²) in [5.41, 5.74) is 0. The van der Waals surface area contributed by atoms with E-state index in [0.29, 0.717) is 0 Å². The molecule has 100 valence electrons. The van der Waals surface area contributed by atoms with E-state index in [1.54, 1.807) is 11.3 Å². The minimum atomic E-state index is 0.771. The molecule has 1 N–H and O–H groups in total. The van der Waals surface area contributed by atoms with E-state index < -0.39 is 0 Å². The molecule has 5 heteroatoms. The first kappa shape index (κ1) is 13.9.